The number of nitrogens with zero attached hydrogens (tertiary/aromatic N) is 4. The van der Waals surface area contributed by atoms with Crippen molar-refractivity contribution in [2.45, 2.75) is 38.1 Å². The molecule has 21 heavy (non-hydrogen) atoms. The zero-order chi connectivity index (χ0) is 14.4. The number of imidazole rings is 1. The van der Waals surface area contributed by atoms with Crippen molar-refractivity contribution in [1.29, 1.82) is 0 Å². The van der Waals surface area contributed by atoms with Gasteiger partial charge in [-0.3, -0.25) is 9.69 Å². The molecule has 0 aromatic carbocycles. The molecule has 2 fully saturated rings. The Kier molecular flexibility index (Phi) is 3.25. The lowest BCUT2D eigenvalue weighted by Gasteiger charge is -2.37. The van der Waals surface area contributed by atoms with Crippen LogP contribution >= 0.6 is 0 Å². The molecule has 5 nitrogen and oxygen atoms in total. The van der Waals surface area contributed by atoms with Gasteiger partial charge >= 0.3 is 0 Å². The predicted molar refractivity (Wildman–Crippen MR) is 79.8 cm³/mol. The smallest absolute Gasteiger partial charge is 0.246 e. The van der Waals surface area contributed by atoms with Crippen LogP contribution in [-0.4, -0.2) is 51.4 Å². The van der Waals surface area contributed by atoms with Gasteiger partial charge in [-0.05, 0) is 31.6 Å². The van der Waals surface area contributed by atoms with E-state index in [0.717, 1.165) is 62.7 Å². The molecule has 1 aliphatic carbocycles. The summed E-state index contributed by atoms with van der Waals surface area (Å²) in [4.78, 5) is 22.1. The topological polar surface area (TPSA) is 41.4 Å². The highest BCUT2D eigenvalue weighted by Gasteiger charge is 2.40. The van der Waals surface area contributed by atoms with Gasteiger partial charge in [-0.15, -0.1) is 0 Å². The summed E-state index contributed by atoms with van der Waals surface area (Å²) in [6, 6.07) is -0.0973. The first kappa shape index (κ1) is 13.3. The fraction of sp³-hybridized carbons (Fsp3) is 0.750. The third kappa shape index (κ3) is 2.37. The Balaban J connectivity index is 1.66. The van der Waals surface area contributed by atoms with E-state index in [2.05, 4.69) is 19.4 Å². The molecule has 5 heteroatoms. The monoisotopic (exact) mass is 288 g/mol. The number of amides is 1. The molecule has 0 unspecified atom stereocenters. The summed E-state index contributed by atoms with van der Waals surface area (Å²) in [7, 11) is 2.02. The lowest BCUT2D eigenvalue weighted by atomic mass is 10.0. The average Bonchev–Trinajstić information content (AvgIpc) is 3.00. The molecule has 2 aliphatic heterocycles. The van der Waals surface area contributed by atoms with Crippen molar-refractivity contribution >= 4 is 5.91 Å². The molecular weight excluding hydrogens is 264 g/mol. The van der Waals surface area contributed by atoms with Crippen molar-refractivity contribution < 1.29 is 4.79 Å². The Labute approximate surface area is 125 Å². The predicted octanol–water partition coefficient (Wildman–Crippen LogP) is 1.35. The van der Waals surface area contributed by atoms with Crippen LogP contribution in [0.3, 0.4) is 0 Å². The van der Waals surface area contributed by atoms with Crippen molar-refractivity contribution in [3.8, 4) is 0 Å². The van der Waals surface area contributed by atoms with E-state index in [1.807, 2.05) is 13.4 Å². The van der Waals surface area contributed by atoms with Crippen molar-refractivity contribution in [2.24, 2.45) is 13.0 Å². The van der Waals surface area contributed by atoms with Crippen molar-refractivity contribution in [2.75, 3.05) is 26.2 Å². The van der Waals surface area contributed by atoms with Gasteiger partial charge in [0, 0.05) is 39.6 Å². The maximum absolute atomic E-state index is 13.1. The molecule has 1 saturated carbocycles. The minimum Gasteiger partial charge on any atom is -0.341 e. The largest absolute Gasteiger partial charge is 0.341 e. The zero-order valence-corrected chi connectivity index (χ0v) is 12.8. The standard InChI is InChI=1S/C16H24N4O/c1-18-11-17-13-6-9-20(10-12-4-5-12)15(14(13)18)16(21)19-7-2-3-8-19/h11-12,15H,2-10H2,1H3/t15-/m0/s1. The lowest BCUT2D eigenvalue weighted by molar-refractivity contribution is -0.137. The molecule has 1 saturated heterocycles. The van der Waals surface area contributed by atoms with E-state index >= 15 is 0 Å². The van der Waals surface area contributed by atoms with Crippen LogP contribution in [0.15, 0.2) is 6.33 Å². The number of likely N-dealkylation sites (tertiary alicyclic amines) is 1. The zero-order valence-electron chi connectivity index (χ0n) is 12.8. The highest BCUT2D eigenvalue weighted by Crippen LogP contribution is 2.36. The quantitative estimate of drug-likeness (QED) is 0.843. The average molecular weight is 288 g/mol. The molecule has 0 N–H and O–H groups in total. The number of aromatic nitrogens is 2. The fourth-order valence-electron chi connectivity index (χ4n) is 3.80. The van der Waals surface area contributed by atoms with Crippen LogP contribution in [0.2, 0.25) is 0 Å². The lowest BCUT2D eigenvalue weighted by Crippen LogP contribution is -2.46. The summed E-state index contributed by atoms with van der Waals surface area (Å²) in [6.45, 7) is 3.92. The maximum Gasteiger partial charge on any atom is 0.246 e. The van der Waals surface area contributed by atoms with E-state index in [0.29, 0.717) is 5.91 Å². The van der Waals surface area contributed by atoms with E-state index < -0.39 is 0 Å². The second-order valence-corrected chi connectivity index (χ2v) is 6.81. The minimum atomic E-state index is -0.0973. The summed E-state index contributed by atoms with van der Waals surface area (Å²) in [5.74, 6) is 1.12. The van der Waals surface area contributed by atoms with Gasteiger partial charge in [-0.25, -0.2) is 4.98 Å². The van der Waals surface area contributed by atoms with Gasteiger partial charge in [0.05, 0.1) is 17.7 Å². The van der Waals surface area contributed by atoms with Crippen LogP contribution in [0.1, 0.15) is 43.1 Å². The molecule has 0 spiro atoms. The summed E-state index contributed by atoms with van der Waals surface area (Å²) in [5, 5.41) is 0. The van der Waals surface area contributed by atoms with Crippen LogP contribution < -0.4 is 0 Å². The first-order chi connectivity index (χ1) is 10.2. The fourth-order valence-corrected chi connectivity index (χ4v) is 3.80. The summed E-state index contributed by atoms with van der Waals surface area (Å²) in [5.41, 5.74) is 2.26. The molecule has 0 radical (unpaired) electrons. The first-order valence-electron chi connectivity index (χ1n) is 8.27. The van der Waals surface area contributed by atoms with E-state index in [-0.39, 0.29) is 6.04 Å². The van der Waals surface area contributed by atoms with Gasteiger partial charge in [-0.1, -0.05) is 0 Å². The number of hydrogen-bond acceptors (Lipinski definition) is 3. The van der Waals surface area contributed by atoms with Crippen LogP contribution in [0.4, 0.5) is 0 Å². The van der Waals surface area contributed by atoms with E-state index in [4.69, 9.17) is 0 Å². The number of fused-ring (bicyclic) bond motifs is 1. The van der Waals surface area contributed by atoms with Crippen LogP contribution in [0, 0.1) is 5.92 Å². The Morgan fingerprint density at radius 2 is 2.05 bits per heavy atom. The SMILES string of the molecule is Cn1cnc2c1[C@@H](C(=O)N1CCCC1)N(CC1CC1)CC2. The van der Waals surface area contributed by atoms with Crippen LogP contribution in [0.5, 0.6) is 0 Å². The molecule has 114 valence electrons. The van der Waals surface area contributed by atoms with Crippen LogP contribution in [-0.2, 0) is 18.3 Å². The van der Waals surface area contributed by atoms with Gasteiger partial charge in [0.15, 0.2) is 0 Å². The van der Waals surface area contributed by atoms with E-state index in [9.17, 15) is 4.79 Å². The van der Waals surface area contributed by atoms with E-state index in [1.165, 1.54) is 12.8 Å². The summed E-state index contributed by atoms with van der Waals surface area (Å²) >= 11 is 0. The van der Waals surface area contributed by atoms with Crippen molar-refractivity contribution in [1.82, 2.24) is 19.4 Å². The molecule has 1 aromatic heterocycles. The molecule has 4 rings (SSSR count). The first-order valence-corrected chi connectivity index (χ1v) is 8.27. The Morgan fingerprint density at radius 3 is 2.76 bits per heavy atom. The Bertz CT molecular complexity index is 542. The highest BCUT2D eigenvalue weighted by molar-refractivity contribution is 5.83. The minimum absolute atomic E-state index is 0.0973. The molecule has 3 aliphatic rings. The number of hydrogen-bond donors (Lipinski definition) is 0. The van der Waals surface area contributed by atoms with Gasteiger partial charge in [0.2, 0.25) is 5.91 Å². The Morgan fingerprint density at radius 1 is 1.29 bits per heavy atom. The van der Waals surface area contributed by atoms with Crippen molar-refractivity contribution in [3.05, 3.63) is 17.7 Å². The normalized spacial score (nSPS) is 26.1. The van der Waals surface area contributed by atoms with E-state index in [1.54, 1.807) is 0 Å². The molecule has 1 atom stereocenters. The summed E-state index contributed by atoms with van der Waals surface area (Å²) in [6.07, 6.45) is 7.82. The second-order valence-electron chi connectivity index (χ2n) is 6.81. The van der Waals surface area contributed by atoms with Crippen LogP contribution in [0.25, 0.3) is 0 Å². The maximum atomic E-state index is 13.1. The third-order valence-corrected chi connectivity index (χ3v) is 5.16. The highest BCUT2D eigenvalue weighted by atomic mass is 16.2. The number of carbonyl (C=O) groups is 1. The molecule has 1 amide bonds. The van der Waals surface area contributed by atoms with Crippen molar-refractivity contribution in [3.63, 3.8) is 0 Å². The molecule has 3 heterocycles. The molecular formula is C16H24N4O. The van der Waals surface area contributed by atoms with Gasteiger partial charge in [-0.2, -0.15) is 0 Å². The number of carbonyl (C=O) groups excluding carboxylic acids is 1. The summed E-state index contributed by atoms with van der Waals surface area (Å²) < 4.78 is 2.06. The second kappa shape index (κ2) is 5.13. The Hall–Kier alpha value is -1.36. The molecule has 1 aromatic rings. The van der Waals surface area contributed by atoms with Gasteiger partial charge in [0.1, 0.15) is 6.04 Å². The third-order valence-electron chi connectivity index (χ3n) is 5.16. The van der Waals surface area contributed by atoms with Gasteiger partial charge in [0.25, 0.3) is 0 Å². The number of aryl methyl sites for hydroxylation is 1. The number of rotatable bonds is 3. The van der Waals surface area contributed by atoms with Gasteiger partial charge < -0.3 is 9.47 Å². The molecule has 0 bridgehead atoms.